The number of likely N-dealkylation sites (N-methyl/N-ethyl adjacent to an activating group) is 1. The Kier molecular flexibility index (Phi) is 6.76. The van der Waals surface area contributed by atoms with Crippen molar-refractivity contribution in [1.82, 2.24) is 19.2 Å². The fraction of sp³-hybridized carbons (Fsp3) is 0.412. The van der Waals surface area contributed by atoms with E-state index in [0.717, 1.165) is 17.3 Å². The minimum atomic E-state index is -3.74. The van der Waals surface area contributed by atoms with E-state index in [1.165, 1.54) is 26.3 Å². The first kappa shape index (κ1) is 19.9. The van der Waals surface area contributed by atoms with Crippen molar-refractivity contribution in [3.8, 4) is 5.75 Å². The van der Waals surface area contributed by atoms with Crippen LogP contribution in [-0.2, 0) is 21.4 Å². The Morgan fingerprint density at radius 3 is 2.77 bits per heavy atom. The number of hydrogen-bond acceptors (Lipinski definition) is 5. The molecule has 0 spiro atoms. The highest BCUT2D eigenvalue weighted by molar-refractivity contribution is 7.89. The molecule has 2 rings (SSSR count). The zero-order valence-corrected chi connectivity index (χ0v) is 16.0. The summed E-state index contributed by atoms with van der Waals surface area (Å²) in [6.07, 6.45) is 5.98. The fourth-order valence-corrected chi connectivity index (χ4v) is 3.66. The molecule has 0 aliphatic rings. The van der Waals surface area contributed by atoms with Gasteiger partial charge in [-0.1, -0.05) is 0 Å². The number of nitrogens with zero attached hydrogens (tertiary/aromatic N) is 3. The number of methoxy groups -OCH3 is 1. The molecule has 142 valence electrons. The summed E-state index contributed by atoms with van der Waals surface area (Å²) in [6.45, 7) is 2.73. The largest absolute Gasteiger partial charge is 0.496 e. The maximum absolute atomic E-state index is 12.6. The highest BCUT2D eigenvalue weighted by atomic mass is 32.2. The maximum atomic E-state index is 12.6. The topological polar surface area (TPSA) is 93.5 Å². The Bertz CT molecular complexity index is 834. The Morgan fingerprint density at radius 1 is 1.38 bits per heavy atom. The number of aromatic nitrogens is 2. The molecule has 0 bridgehead atoms. The van der Waals surface area contributed by atoms with Crippen LogP contribution in [0.5, 0.6) is 5.75 Å². The summed E-state index contributed by atoms with van der Waals surface area (Å²) in [5.41, 5.74) is 0.714. The van der Waals surface area contributed by atoms with Crippen LogP contribution < -0.4 is 10.1 Å². The summed E-state index contributed by atoms with van der Waals surface area (Å²) >= 11 is 0. The van der Waals surface area contributed by atoms with Crippen molar-refractivity contribution in [1.29, 1.82) is 0 Å². The molecule has 1 aromatic heterocycles. The van der Waals surface area contributed by atoms with Crippen molar-refractivity contribution < 1.29 is 17.9 Å². The third kappa shape index (κ3) is 5.06. The van der Waals surface area contributed by atoms with E-state index in [1.54, 1.807) is 25.5 Å². The third-order valence-electron chi connectivity index (χ3n) is 3.92. The molecule has 9 heteroatoms. The van der Waals surface area contributed by atoms with Crippen LogP contribution in [0.15, 0.2) is 41.8 Å². The van der Waals surface area contributed by atoms with Crippen molar-refractivity contribution >= 4 is 15.9 Å². The van der Waals surface area contributed by atoms with E-state index in [-0.39, 0.29) is 17.3 Å². The minimum Gasteiger partial charge on any atom is -0.496 e. The van der Waals surface area contributed by atoms with E-state index in [4.69, 9.17) is 4.74 Å². The quantitative estimate of drug-likeness (QED) is 0.656. The number of carbonyl (C=O) groups excluding carboxylic acids is 1. The van der Waals surface area contributed by atoms with Crippen molar-refractivity contribution in [2.24, 2.45) is 0 Å². The second kappa shape index (κ2) is 8.81. The lowest BCUT2D eigenvalue weighted by molar-refractivity contribution is -0.121. The fourth-order valence-electron chi connectivity index (χ4n) is 2.44. The number of aryl methyl sites for hydroxylation is 2. The van der Waals surface area contributed by atoms with Crippen LogP contribution in [0.4, 0.5) is 0 Å². The van der Waals surface area contributed by atoms with Gasteiger partial charge in [0.2, 0.25) is 15.9 Å². The van der Waals surface area contributed by atoms with Crippen LogP contribution in [0.2, 0.25) is 0 Å². The van der Waals surface area contributed by atoms with Crippen LogP contribution in [0.1, 0.15) is 12.0 Å². The van der Waals surface area contributed by atoms with Crippen molar-refractivity contribution in [3.05, 3.63) is 42.5 Å². The number of carbonyl (C=O) groups is 1. The van der Waals surface area contributed by atoms with Gasteiger partial charge in [-0.25, -0.2) is 13.4 Å². The van der Waals surface area contributed by atoms with Gasteiger partial charge in [-0.05, 0) is 37.1 Å². The Balaban J connectivity index is 1.87. The normalized spacial score (nSPS) is 11.5. The number of amides is 1. The molecule has 0 unspecified atom stereocenters. The van der Waals surface area contributed by atoms with Crippen molar-refractivity contribution in [3.63, 3.8) is 0 Å². The number of imidazole rings is 1. The molecule has 0 fully saturated rings. The molecule has 0 atom stereocenters. The van der Waals surface area contributed by atoms with Gasteiger partial charge in [0.15, 0.2) is 0 Å². The summed E-state index contributed by atoms with van der Waals surface area (Å²) in [5.74, 6) is 0.272. The number of benzene rings is 1. The molecular weight excluding hydrogens is 356 g/mol. The average Bonchev–Trinajstić information content (AvgIpc) is 3.12. The molecule has 26 heavy (non-hydrogen) atoms. The lowest BCUT2D eigenvalue weighted by atomic mass is 10.2. The Labute approximate surface area is 153 Å². The van der Waals surface area contributed by atoms with E-state index in [0.29, 0.717) is 17.9 Å². The highest BCUT2D eigenvalue weighted by Crippen LogP contribution is 2.23. The standard InChI is InChI=1S/C17H24N4O4S/c1-14-11-15(5-6-16(14)25-3)26(23,24)20(2)12-17(22)19-7-4-9-21-10-8-18-13-21/h5-6,8,10-11,13H,4,7,9,12H2,1-3H3,(H,19,22). The zero-order valence-electron chi connectivity index (χ0n) is 15.2. The molecule has 1 amide bonds. The van der Waals surface area contributed by atoms with Gasteiger partial charge in [-0.15, -0.1) is 0 Å². The summed E-state index contributed by atoms with van der Waals surface area (Å²) in [6, 6.07) is 4.61. The van der Waals surface area contributed by atoms with Crippen molar-refractivity contribution in [2.45, 2.75) is 24.8 Å². The first-order valence-electron chi connectivity index (χ1n) is 8.18. The lowest BCUT2D eigenvalue weighted by Gasteiger charge is -2.17. The molecule has 1 heterocycles. The highest BCUT2D eigenvalue weighted by Gasteiger charge is 2.23. The first-order chi connectivity index (χ1) is 12.3. The van der Waals surface area contributed by atoms with Crippen LogP contribution in [0.3, 0.4) is 0 Å². The number of rotatable bonds is 9. The Hall–Kier alpha value is -2.39. The summed E-state index contributed by atoms with van der Waals surface area (Å²) in [5, 5.41) is 2.73. The number of nitrogens with one attached hydrogen (secondary N) is 1. The summed E-state index contributed by atoms with van der Waals surface area (Å²) in [7, 11) is -0.827. The van der Waals surface area contributed by atoms with Crippen LogP contribution in [0.25, 0.3) is 0 Å². The van der Waals surface area contributed by atoms with Gasteiger partial charge >= 0.3 is 0 Å². The minimum absolute atomic E-state index is 0.131. The van der Waals surface area contributed by atoms with Gasteiger partial charge in [-0.2, -0.15) is 4.31 Å². The van der Waals surface area contributed by atoms with E-state index in [2.05, 4.69) is 10.3 Å². The van der Waals surface area contributed by atoms with Gasteiger partial charge in [0.25, 0.3) is 0 Å². The molecule has 0 saturated heterocycles. The number of hydrogen-bond donors (Lipinski definition) is 1. The molecule has 1 aromatic carbocycles. The molecule has 1 N–H and O–H groups in total. The maximum Gasteiger partial charge on any atom is 0.243 e. The molecule has 8 nitrogen and oxygen atoms in total. The van der Waals surface area contributed by atoms with E-state index < -0.39 is 10.0 Å². The average molecular weight is 380 g/mol. The second-order valence-electron chi connectivity index (χ2n) is 5.90. The van der Waals surface area contributed by atoms with Crippen LogP contribution >= 0.6 is 0 Å². The Morgan fingerprint density at radius 2 is 2.15 bits per heavy atom. The molecule has 0 aliphatic heterocycles. The predicted octanol–water partition coefficient (Wildman–Crippen LogP) is 1.03. The van der Waals surface area contributed by atoms with Crippen LogP contribution in [0, 0.1) is 6.92 Å². The second-order valence-corrected chi connectivity index (χ2v) is 7.94. The van der Waals surface area contributed by atoms with Gasteiger partial charge in [0.05, 0.1) is 24.9 Å². The van der Waals surface area contributed by atoms with Gasteiger partial charge in [0.1, 0.15) is 5.75 Å². The SMILES string of the molecule is COc1ccc(S(=O)(=O)N(C)CC(=O)NCCCn2ccnc2)cc1C. The van der Waals surface area contributed by atoms with Gasteiger partial charge < -0.3 is 14.6 Å². The third-order valence-corrected chi connectivity index (χ3v) is 5.71. The lowest BCUT2D eigenvalue weighted by Crippen LogP contribution is -2.38. The summed E-state index contributed by atoms with van der Waals surface area (Å²) in [4.78, 5) is 16.1. The van der Waals surface area contributed by atoms with Crippen LogP contribution in [-0.4, -0.2) is 55.4 Å². The van der Waals surface area contributed by atoms with E-state index >= 15 is 0 Å². The van der Waals surface area contributed by atoms with Crippen molar-refractivity contribution in [2.75, 3.05) is 27.2 Å². The zero-order chi connectivity index (χ0) is 19.2. The first-order valence-corrected chi connectivity index (χ1v) is 9.62. The molecule has 0 saturated carbocycles. The van der Waals surface area contributed by atoms with Gasteiger partial charge in [0, 0.05) is 32.5 Å². The van der Waals surface area contributed by atoms with Gasteiger partial charge in [-0.3, -0.25) is 4.79 Å². The predicted molar refractivity (Wildman–Crippen MR) is 97.4 cm³/mol. The number of ether oxygens (including phenoxy) is 1. The molecule has 0 radical (unpaired) electrons. The molecule has 0 aliphatic carbocycles. The smallest absolute Gasteiger partial charge is 0.243 e. The summed E-state index contributed by atoms with van der Waals surface area (Å²) < 4.78 is 33.3. The van der Waals surface area contributed by atoms with E-state index in [9.17, 15) is 13.2 Å². The molecular formula is C17H24N4O4S. The monoisotopic (exact) mass is 380 g/mol. The molecule has 2 aromatic rings. The van der Waals surface area contributed by atoms with E-state index in [1.807, 2.05) is 10.8 Å². The number of sulfonamides is 1.